The number of pyridine rings is 1. The van der Waals surface area contributed by atoms with Crippen LogP contribution in [0.3, 0.4) is 0 Å². The minimum Gasteiger partial charge on any atom is -0.398 e. The van der Waals surface area contributed by atoms with Crippen molar-refractivity contribution in [1.29, 1.82) is 5.41 Å². The molecule has 1 unspecified atom stereocenters. The van der Waals surface area contributed by atoms with Crippen molar-refractivity contribution in [3.8, 4) is 0 Å². The van der Waals surface area contributed by atoms with Crippen molar-refractivity contribution in [2.45, 2.75) is 19.1 Å². The highest BCUT2D eigenvalue weighted by atomic mass is 16.5. The SMILES string of the molecule is CC(O)[C@@H](NC(=O)Nc1cc(N)c(C(=N)N2CCOCC2)cn1)c1ccccc1. The maximum Gasteiger partial charge on any atom is 0.320 e. The molecule has 0 bridgehead atoms. The lowest BCUT2D eigenvalue weighted by molar-refractivity contribution is 0.0680. The van der Waals surface area contributed by atoms with E-state index < -0.39 is 18.2 Å². The number of benzene rings is 1. The smallest absolute Gasteiger partial charge is 0.320 e. The Hall–Kier alpha value is -3.17. The molecule has 0 radical (unpaired) electrons. The van der Waals surface area contributed by atoms with Gasteiger partial charge in [0.1, 0.15) is 11.7 Å². The standard InChI is InChI=1S/C20H26N6O3/c1-13(27)18(14-5-3-2-4-6-14)25-20(28)24-17-11-16(21)15(12-23-17)19(22)26-7-9-29-10-8-26/h2-6,11-13,18,22,27H,7-10H2,1H3,(H4,21,23,24,25,28)/t13?,18-/m1/s1. The number of nitrogens with two attached hydrogens (primary N) is 1. The summed E-state index contributed by atoms with van der Waals surface area (Å²) in [6.45, 7) is 4.00. The molecule has 6 N–H and O–H groups in total. The first-order chi connectivity index (χ1) is 14.0. The molecule has 29 heavy (non-hydrogen) atoms. The van der Waals surface area contributed by atoms with Gasteiger partial charge in [0, 0.05) is 31.0 Å². The molecule has 2 atom stereocenters. The first kappa shape index (κ1) is 20.6. The van der Waals surface area contributed by atoms with Crippen molar-refractivity contribution >= 4 is 23.4 Å². The number of urea groups is 1. The average molecular weight is 398 g/mol. The van der Waals surface area contributed by atoms with Crippen molar-refractivity contribution in [3.63, 3.8) is 0 Å². The molecule has 154 valence electrons. The normalized spacial score (nSPS) is 16.0. The number of morpholine rings is 1. The molecule has 2 heterocycles. The lowest BCUT2D eigenvalue weighted by Crippen LogP contribution is -2.41. The minimum atomic E-state index is -0.780. The molecule has 0 aliphatic carbocycles. The van der Waals surface area contributed by atoms with Crippen LogP contribution in [0.2, 0.25) is 0 Å². The molecule has 2 amide bonds. The van der Waals surface area contributed by atoms with Gasteiger partial charge in [0.2, 0.25) is 0 Å². The number of nitrogens with one attached hydrogen (secondary N) is 3. The van der Waals surface area contributed by atoms with Crippen molar-refractivity contribution in [1.82, 2.24) is 15.2 Å². The lowest BCUT2D eigenvalue weighted by atomic mass is 10.0. The van der Waals surface area contributed by atoms with Crippen LogP contribution < -0.4 is 16.4 Å². The number of aliphatic hydroxyl groups is 1. The maximum atomic E-state index is 12.4. The third kappa shape index (κ3) is 5.21. The van der Waals surface area contributed by atoms with Crippen molar-refractivity contribution in [2.24, 2.45) is 0 Å². The molecule has 1 aliphatic rings. The van der Waals surface area contributed by atoms with Crippen LogP contribution in [0, 0.1) is 5.41 Å². The monoisotopic (exact) mass is 398 g/mol. The molecule has 2 aromatic rings. The number of nitrogen functional groups attached to an aromatic ring is 1. The zero-order chi connectivity index (χ0) is 20.8. The van der Waals surface area contributed by atoms with Gasteiger partial charge in [-0.05, 0) is 12.5 Å². The summed E-state index contributed by atoms with van der Waals surface area (Å²) in [5.41, 5.74) is 7.74. The summed E-state index contributed by atoms with van der Waals surface area (Å²) in [6.07, 6.45) is 0.698. The molecule has 9 nitrogen and oxygen atoms in total. The second-order valence-corrected chi connectivity index (χ2v) is 6.83. The van der Waals surface area contributed by atoms with Gasteiger partial charge in [-0.25, -0.2) is 9.78 Å². The molecular weight excluding hydrogens is 372 g/mol. The largest absolute Gasteiger partial charge is 0.398 e. The molecule has 0 spiro atoms. The molecule has 1 aromatic heterocycles. The first-order valence-electron chi connectivity index (χ1n) is 9.43. The van der Waals surface area contributed by atoms with Gasteiger partial charge in [-0.15, -0.1) is 0 Å². The number of amides is 2. The van der Waals surface area contributed by atoms with E-state index in [0.29, 0.717) is 37.6 Å². The molecule has 3 rings (SSSR count). The fourth-order valence-corrected chi connectivity index (χ4v) is 3.13. The number of nitrogens with zero attached hydrogens (tertiary/aromatic N) is 2. The predicted octanol–water partition coefficient (Wildman–Crippen LogP) is 1.56. The van der Waals surface area contributed by atoms with E-state index in [4.69, 9.17) is 15.9 Å². The third-order valence-electron chi connectivity index (χ3n) is 4.69. The molecular formula is C20H26N6O3. The van der Waals surface area contributed by atoms with Crippen LogP contribution in [0.4, 0.5) is 16.3 Å². The summed E-state index contributed by atoms with van der Waals surface area (Å²) in [4.78, 5) is 18.5. The number of carbonyl (C=O) groups excluding carboxylic acids is 1. The Bertz CT molecular complexity index is 853. The van der Waals surface area contributed by atoms with E-state index in [1.165, 1.54) is 12.3 Å². The fourth-order valence-electron chi connectivity index (χ4n) is 3.13. The van der Waals surface area contributed by atoms with Crippen LogP contribution >= 0.6 is 0 Å². The van der Waals surface area contributed by atoms with Crippen LogP contribution in [-0.2, 0) is 4.74 Å². The van der Waals surface area contributed by atoms with Gasteiger partial charge in [-0.1, -0.05) is 30.3 Å². The van der Waals surface area contributed by atoms with Gasteiger partial charge in [0.05, 0.1) is 30.9 Å². The number of carbonyl (C=O) groups is 1. The van der Waals surface area contributed by atoms with E-state index in [2.05, 4.69) is 15.6 Å². The van der Waals surface area contributed by atoms with Crippen LogP contribution in [0.15, 0.2) is 42.6 Å². The highest BCUT2D eigenvalue weighted by molar-refractivity contribution is 6.01. The van der Waals surface area contributed by atoms with E-state index in [0.717, 1.165) is 5.56 Å². The van der Waals surface area contributed by atoms with Gasteiger partial charge in [-0.3, -0.25) is 10.7 Å². The van der Waals surface area contributed by atoms with Crippen molar-refractivity contribution in [3.05, 3.63) is 53.7 Å². The highest BCUT2D eigenvalue weighted by Crippen LogP contribution is 2.19. The Labute approximate surface area is 169 Å². The second-order valence-electron chi connectivity index (χ2n) is 6.83. The number of hydrogen-bond acceptors (Lipinski definition) is 6. The maximum absolute atomic E-state index is 12.4. The van der Waals surface area contributed by atoms with Gasteiger partial charge >= 0.3 is 6.03 Å². The molecule has 1 aromatic carbocycles. The molecule has 1 saturated heterocycles. The van der Waals surface area contributed by atoms with E-state index in [9.17, 15) is 9.90 Å². The molecule has 0 saturated carbocycles. The number of hydrogen-bond donors (Lipinski definition) is 5. The highest BCUT2D eigenvalue weighted by Gasteiger charge is 2.21. The van der Waals surface area contributed by atoms with Crippen LogP contribution in [-0.4, -0.2) is 59.3 Å². The Balaban J connectivity index is 1.66. The molecule has 9 heteroatoms. The second kappa shape index (κ2) is 9.35. The van der Waals surface area contributed by atoms with Gasteiger partial charge in [0.15, 0.2) is 0 Å². The number of aliphatic hydroxyl groups excluding tert-OH is 1. The van der Waals surface area contributed by atoms with E-state index in [1.807, 2.05) is 35.2 Å². The van der Waals surface area contributed by atoms with E-state index >= 15 is 0 Å². The predicted molar refractivity (Wildman–Crippen MR) is 111 cm³/mol. The Kier molecular flexibility index (Phi) is 6.63. The quantitative estimate of drug-likeness (QED) is 0.383. The first-order valence-corrected chi connectivity index (χ1v) is 9.43. The topological polar surface area (TPSA) is 137 Å². The zero-order valence-corrected chi connectivity index (χ0v) is 16.3. The van der Waals surface area contributed by atoms with E-state index in [1.54, 1.807) is 6.92 Å². The fraction of sp³-hybridized carbons (Fsp3) is 0.350. The van der Waals surface area contributed by atoms with Gasteiger partial charge in [-0.2, -0.15) is 0 Å². The average Bonchev–Trinajstić information content (AvgIpc) is 2.73. The summed E-state index contributed by atoms with van der Waals surface area (Å²) >= 11 is 0. The summed E-state index contributed by atoms with van der Waals surface area (Å²) in [7, 11) is 0. The summed E-state index contributed by atoms with van der Waals surface area (Å²) < 4.78 is 5.30. The van der Waals surface area contributed by atoms with Crippen molar-refractivity contribution < 1.29 is 14.6 Å². The third-order valence-corrected chi connectivity index (χ3v) is 4.69. The Morgan fingerprint density at radius 3 is 2.62 bits per heavy atom. The Morgan fingerprint density at radius 2 is 2.00 bits per heavy atom. The zero-order valence-electron chi connectivity index (χ0n) is 16.3. The Morgan fingerprint density at radius 1 is 1.31 bits per heavy atom. The van der Waals surface area contributed by atoms with Gasteiger partial charge < -0.3 is 25.8 Å². The summed E-state index contributed by atoms with van der Waals surface area (Å²) in [6, 6.07) is 9.66. The van der Waals surface area contributed by atoms with Gasteiger partial charge in [0.25, 0.3) is 0 Å². The van der Waals surface area contributed by atoms with Crippen LogP contribution in [0.5, 0.6) is 0 Å². The number of aromatic nitrogens is 1. The number of ether oxygens (including phenoxy) is 1. The summed E-state index contributed by atoms with van der Waals surface area (Å²) in [5, 5.41) is 23.7. The number of anilines is 2. The van der Waals surface area contributed by atoms with Crippen molar-refractivity contribution in [2.75, 3.05) is 37.4 Å². The lowest BCUT2D eigenvalue weighted by Gasteiger charge is -2.29. The minimum absolute atomic E-state index is 0.260. The van der Waals surface area contributed by atoms with Crippen LogP contribution in [0.25, 0.3) is 0 Å². The van der Waals surface area contributed by atoms with E-state index in [-0.39, 0.29) is 11.7 Å². The number of rotatable bonds is 5. The molecule has 1 aliphatic heterocycles. The molecule has 1 fully saturated rings. The number of amidine groups is 1. The van der Waals surface area contributed by atoms with Crippen LogP contribution in [0.1, 0.15) is 24.1 Å². The summed E-state index contributed by atoms with van der Waals surface area (Å²) in [5.74, 6) is 0.545.